The fourth-order valence-electron chi connectivity index (χ4n) is 2.54. The number of hydrogen-bond donors (Lipinski definition) is 1. The van der Waals surface area contributed by atoms with Crippen LogP contribution in [0.15, 0.2) is 0 Å². The molecule has 1 saturated heterocycles. The van der Waals surface area contributed by atoms with E-state index < -0.39 is 0 Å². The van der Waals surface area contributed by atoms with Gasteiger partial charge in [-0.2, -0.15) is 0 Å². The van der Waals surface area contributed by atoms with Gasteiger partial charge in [-0.25, -0.2) is 0 Å². The van der Waals surface area contributed by atoms with E-state index >= 15 is 0 Å². The summed E-state index contributed by atoms with van der Waals surface area (Å²) in [5.41, 5.74) is 0. The molecule has 1 fully saturated rings. The highest BCUT2D eigenvalue weighted by Crippen LogP contribution is 2.20. The van der Waals surface area contributed by atoms with Crippen molar-refractivity contribution in [3.8, 4) is 0 Å². The smallest absolute Gasteiger partial charge is 0.226 e. The Morgan fingerprint density at radius 1 is 1.33 bits per heavy atom. The van der Waals surface area contributed by atoms with Crippen LogP contribution in [0.3, 0.4) is 0 Å². The summed E-state index contributed by atoms with van der Waals surface area (Å²) in [6, 6.07) is 0.792. The number of carbonyl (C=O) groups is 1. The maximum absolute atomic E-state index is 12.5. The number of hydrogen-bond acceptors (Lipinski definition) is 2. The van der Waals surface area contributed by atoms with E-state index in [-0.39, 0.29) is 18.3 Å². The number of piperidine rings is 1. The van der Waals surface area contributed by atoms with Crippen molar-refractivity contribution >= 4 is 18.3 Å². The third-order valence-corrected chi connectivity index (χ3v) is 3.44. The van der Waals surface area contributed by atoms with Gasteiger partial charge in [0.05, 0.1) is 0 Å². The van der Waals surface area contributed by atoms with Gasteiger partial charge >= 0.3 is 0 Å². The van der Waals surface area contributed by atoms with Crippen molar-refractivity contribution < 1.29 is 4.79 Å². The minimum absolute atomic E-state index is 0. The summed E-state index contributed by atoms with van der Waals surface area (Å²) < 4.78 is 0. The Morgan fingerprint density at radius 3 is 2.39 bits per heavy atom. The van der Waals surface area contributed by atoms with Crippen LogP contribution in [0.2, 0.25) is 0 Å². The Bertz CT molecular complexity index is 256. The lowest BCUT2D eigenvalue weighted by Crippen LogP contribution is -2.47. The minimum atomic E-state index is 0. The van der Waals surface area contributed by atoms with Crippen molar-refractivity contribution in [2.75, 3.05) is 13.1 Å². The fourth-order valence-corrected chi connectivity index (χ4v) is 2.54. The van der Waals surface area contributed by atoms with Gasteiger partial charge < -0.3 is 10.2 Å². The maximum atomic E-state index is 12.5. The SMILES string of the molecule is CC(C)CN(C(=O)[C@H]1CCN[C@@H](C)C1)C(C)C.Cl. The largest absolute Gasteiger partial charge is 0.340 e. The van der Waals surface area contributed by atoms with Crippen molar-refractivity contribution in [3.63, 3.8) is 0 Å². The van der Waals surface area contributed by atoms with E-state index in [1.807, 2.05) is 0 Å². The zero-order valence-corrected chi connectivity index (χ0v) is 13.2. The van der Waals surface area contributed by atoms with Gasteiger partial charge in [0, 0.05) is 24.5 Å². The van der Waals surface area contributed by atoms with Crippen LogP contribution in [-0.4, -0.2) is 36.0 Å². The van der Waals surface area contributed by atoms with E-state index in [1.54, 1.807) is 0 Å². The third kappa shape index (κ3) is 5.15. The predicted molar refractivity (Wildman–Crippen MR) is 79.1 cm³/mol. The van der Waals surface area contributed by atoms with Crippen LogP contribution < -0.4 is 5.32 Å². The second-order valence-corrected chi connectivity index (χ2v) is 6.05. The lowest BCUT2D eigenvalue weighted by Gasteiger charge is -2.35. The molecule has 0 bridgehead atoms. The second kappa shape index (κ2) is 8.00. The average Bonchev–Trinajstić information content (AvgIpc) is 2.24. The molecule has 0 spiro atoms. The standard InChI is InChI=1S/C14H28N2O.ClH/c1-10(2)9-16(11(3)4)14(17)13-6-7-15-12(5)8-13;/h10-13,15H,6-9H2,1-5H3;1H/t12-,13-;/m0./s1. The van der Waals surface area contributed by atoms with Gasteiger partial charge in [0.1, 0.15) is 0 Å². The van der Waals surface area contributed by atoms with Gasteiger partial charge in [0.15, 0.2) is 0 Å². The summed E-state index contributed by atoms with van der Waals surface area (Å²) in [5.74, 6) is 1.13. The lowest BCUT2D eigenvalue weighted by molar-refractivity contribution is -0.139. The molecule has 0 saturated carbocycles. The van der Waals surface area contributed by atoms with Crippen molar-refractivity contribution in [2.45, 2.75) is 59.5 Å². The molecule has 0 radical (unpaired) electrons. The van der Waals surface area contributed by atoms with Crippen LogP contribution in [0.5, 0.6) is 0 Å². The Labute approximate surface area is 118 Å². The Balaban J connectivity index is 0.00000289. The number of nitrogens with zero attached hydrogens (tertiary/aromatic N) is 1. The second-order valence-electron chi connectivity index (χ2n) is 6.05. The third-order valence-electron chi connectivity index (χ3n) is 3.44. The minimum Gasteiger partial charge on any atom is -0.340 e. The van der Waals surface area contributed by atoms with Gasteiger partial charge in [-0.05, 0) is 46.1 Å². The molecule has 18 heavy (non-hydrogen) atoms. The highest BCUT2D eigenvalue weighted by atomic mass is 35.5. The molecule has 1 amide bonds. The molecule has 3 nitrogen and oxygen atoms in total. The van der Waals surface area contributed by atoms with Crippen LogP contribution in [0.25, 0.3) is 0 Å². The molecule has 0 unspecified atom stereocenters. The molecule has 1 aliphatic rings. The van der Waals surface area contributed by atoms with Crippen LogP contribution >= 0.6 is 12.4 Å². The first-order chi connectivity index (χ1) is 7.91. The van der Waals surface area contributed by atoms with Gasteiger partial charge in [0.25, 0.3) is 0 Å². The topological polar surface area (TPSA) is 32.3 Å². The van der Waals surface area contributed by atoms with E-state index in [0.29, 0.717) is 23.9 Å². The Kier molecular flexibility index (Phi) is 7.88. The summed E-state index contributed by atoms with van der Waals surface area (Å²) >= 11 is 0. The molecular weight excluding hydrogens is 248 g/mol. The summed E-state index contributed by atoms with van der Waals surface area (Å²) in [4.78, 5) is 14.6. The van der Waals surface area contributed by atoms with Crippen LogP contribution in [0.1, 0.15) is 47.5 Å². The number of carbonyl (C=O) groups excluding carboxylic acids is 1. The zero-order valence-electron chi connectivity index (χ0n) is 12.4. The summed E-state index contributed by atoms with van der Waals surface area (Å²) in [7, 11) is 0. The molecule has 4 heteroatoms. The molecule has 0 aromatic heterocycles. The molecule has 0 aliphatic carbocycles. The van der Waals surface area contributed by atoms with E-state index in [2.05, 4.69) is 44.8 Å². The van der Waals surface area contributed by atoms with Crippen LogP contribution in [0.4, 0.5) is 0 Å². The maximum Gasteiger partial charge on any atom is 0.226 e. The molecule has 1 N–H and O–H groups in total. The van der Waals surface area contributed by atoms with E-state index in [4.69, 9.17) is 0 Å². The van der Waals surface area contributed by atoms with E-state index in [9.17, 15) is 4.79 Å². The fraction of sp³-hybridized carbons (Fsp3) is 0.929. The molecule has 2 atom stereocenters. The van der Waals surface area contributed by atoms with Crippen LogP contribution in [-0.2, 0) is 4.79 Å². The number of halogens is 1. The summed E-state index contributed by atoms with van der Waals surface area (Å²) in [6.07, 6.45) is 1.98. The highest BCUT2D eigenvalue weighted by Gasteiger charge is 2.29. The monoisotopic (exact) mass is 276 g/mol. The predicted octanol–water partition coefficient (Wildman–Crippen LogP) is 2.69. The molecule has 0 aromatic carbocycles. The molecule has 108 valence electrons. The van der Waals surface area contributed by atoms with Gasteiger partial charge in [0.2, 0.25) is 5.91 Å². The molecule has 1 aliphatic heterocycles. The summed E-state index contributed by atoms with van der Waals surface area (Å²) in [6.45, 7) is 12.6. The van der Waals surface area contributed by atoms with E-state index in [0.717, 1.165) is 25.9 Å². The number of nitrogens with one attached hydrogen (secondary N) is 1. The van der Waals surface area contributed by atoms with Crippen molar-refractivity contribution in [1.29, 1.82) is 0 Å². The number of amides is 1. The first-order valence-corrected chi connectivity index (χ1v) is 6.95. The van der Waals surface area contributed by atoms with Crippen molar-refractivity contribution in [2.24, 2.45) is 11.8 Å². The Morgan fingerprint density at radius 2 is 1.94 bits per heavy atom. The van der Waals surface area contributed by atoms with Gasteiger partial charge in [-0.1, -0.05) is 13.8 Å². The van der Waals surface area contributed by atoms with E-state index in [1.165, 1.54) is 0 Å². The molecule has 1 heterocycles. The molecular formula is C14H29ClN2O. The highest BCUT2D eigenvalue weighted by molar-refractivity contribution is 5.85. The van der Waals surface area contributed by atoms with Gasteiger partial charge in [-0.3, -0.25) is 4.79 Å². The van der Waals surface area contributed by atoms with Crippen molar-refractivity contribution in [1.82, 2.24) is 10.2 Å². The van der Waals surface area contributed by atoms with Gasteiger partial charge in [-0.15, -0.1) is 12.4 Å². The normalized spacial score (nSPS) is 23.9. The zero-order chi connectivity index (χ0) is 13.0. The Hall–Kier alpha value is -0.280. The quantitative estimate of drug-likeness (QED) is 0.856. The lowest BCUT2D eigenvalue weighted by atomic mass is 9.91. The average molecular weight is 277 g/mol. The van der Waals surface area contributed by atoms with Crippen molar-refractivity contribution in [3.05, 3.63) is 0 Å². The molecule has 1 rings (SSSR count). The summed E-state index contributed by atoms with van der Waals surface area (Å²) in [5, 5.41) is 3.41. The number of rotatable bonds is 4. The van der Waals surface area contributed by atoms with Crippen LogP contribution in [0, 0.1) is 11.8 Å². The molecule has 0 aromatic rings. The first kappa shape index (κ1) is 17.7. The first-order valence-electron chi connectivity index (χ1n) is 6.95.